The minimum atomic E-state index is -0.137. The van der Waals surface area contributed by atoms with E-state index >= 15 is 0 Å². The largest absolute Gasteiger partial charge is 0.358 e. The highest BCUT2D eigenvalue weighted by Crippen LogP contribution is 2.08. The van der Waals surface area contributed by atoms with Crippen molar-refractivity contribution in [2.45, 2.75) is 25.3 Å². The summed E-state index contributed by atoms with van der Waals surface area (Å²) in [5.41, 5.74) is 0. The number of carbonyl (C=O) groups is 2. The van der Waals surface area contributed by atoms with E-state index in [-0.39, 0.29) is 24.4 Å². The maximum Gasteiger partial charge on any atom is 0.239 e. The molecule has 0 spiro atoms. The highest BCUT2D eigenvalue weighted by Gasteiger charge is 2.24. The van der Waals surface area contributed by atoms with Crippen LogP contribution in [0, 0.1) is 0 Å². The lowest BCUT2D eigenvalue weighted by Crippen LogP contribution is -2.49. The van der Waals surface area contributed by atoms with E-state index in [0.29, 0.717) is 0 Å². The van der Waals surface area contributed by atoms with Crippen LogP contribution in [0.25, 0.3) is 0 Å². The quantitative estimate of drug-likeness (QED) is 0.654. The number of hydrogen-bond donors (Lipinski definition) is 2. The lowest BCUT2D eigenvalue weighted by molar-refractivity contribution is -0.136. The molecule has 0 aromatic heterocycles. The topological polar surface area (TPSA) is 61.4 Å². The lowest BCUT2D eigenvalue weighted by atomic mass is 10.0. The average Bonchev–Trinajstić information content (AvgIpc) is 2.29. The molecule has 5 heteroatoms. The van der Waals surface area contributed by atoms with Crippen LogP contribution in [0.2, 0.25) is 0 Å². The molecule has 0 aromatic carbocycles. The first-order chi connectivity index (χ1) is 7.15. The second-order valence-electron chi connectivity index (χ2n) is 3.87. The molecule has 0 aliphatic carbocycles. The molecule has 0 unspecified atom stereocenters. The molecule has 0 aromatic rings. The molecule has 15 heavy (non-hydrogen) atoms. The van der Waals surface area contributed by atoms with Gasteiger partial charge in [0.2, 0.25) is 11.8 Å². The van der Waals surface area contributed by atoms with Gasteiger partial charge in [-0.2, -0.15) is 0 Å². The maximum absolute atomic E-state index is 11.8. The molecule has 1 saturated heterocycles. The Hall–Kier alpha value is -1.10. The van der Waals surface area contributed by atoms with Gasteiger partial charge in [-0.1, -0.05) is 6.42 Å². The molecule has 0 saturated carbocycles. The van der Waals surface area contributed by atoms with Crippen LogP contribution in [0.3, 0.4) is 0 Å². The second-order valence-corrected chi connectivity index (χ2v) is 3.87. The van der Waals surface area contributed by atoms with Crippen LogP contribution < -0.4 is 10.6 Å². The van der Waals surface area contributed by atoms with E-state index in [1.54, 1.807) is 14.1 Å². The van der Waals surface area contributed by atoms with Crippen molar-refractivity contribution in [2.24, 2.45) is 0 Å². The third-order valence-corrected chi connectivity index (χ3v) is 2.64. The number of hydrogen-bond acceptors (Lipinski definition) is 3. The van der Waals surface area contributed by atoms with Crippen molar-refractivity contribution in [3.8, 4) is 0 Å². The van der Waals surface area contributed by atoms with E-state index in [9.17, 15) is 9.59 Å². The van der Waals surface area contributed by atoms with Gasteiger partial charge in [0, 0.05) is 14.1 Å². The monoisotopic (exact) mass is 213 g/mol. The molecule has 1 fully saturated rings. The molecule has 2 amide bonds. The molecule has 86 valence electrons. The smallest absolute Gasteiger partial charge is 0.239 e. The summed E-state index contributed by atoms with van der Waals surface area (Å²) in [6, 6.07) is -0.103. The Morgan fingerprint density at radius 2 is 2.20 bits per heavy atom. The standard InChI is InChI=1S/C10H19N3O2/c1-11-9(14)7-13(2)10(15)8-5-3-4-6-12-8/h8,12H,3-7H2,1-2H3,(H,11,14)/t8-/m1/s1. The Kier molecular flexibility index (Phi) is 4.55. The molecular weight excluding hydrogens is 194 g/mol. The summed E-state index contributed by atoms with van der Waals surface area (Å²) in [4.78, 5) is 24.4. The van der Waals surface area contributed by atoms with E-state index < -0.39 is 0 Å². The van der Waals surface area contributed by atoms with Gasteiger partial charge >= 0.3 is 0 Å². The average molecular weight is 213 g/mol. The number of nitrogens with one attached hydrogen (secondary N) is 2. The molecular formula is C10H19N3O2. The van der Waals surface area contributed by atoms with Gasteiger partial charge < -0.3 is 15.5 Å². The van der Waals surface area contributed by atoms with Crippen molar-refractivity contribution >= 4 is 11.8 Å². The molecule has 0 radical (unpaired) electrons. The summed E-state index contributed by atoms with van der Waals surface area (Å²) in [6.07, 6.45) is 3.08. The van der Waals surface area contributed by atoms with Gasteiger partial charge in [0.1, 0.15) is 0 Å². The van der Waals surface area contributed by atoms with Gasteiger partial charge in [-0.05, 0) is 19.4 Å². The summed E-state index contributed by atoms with van der Waals surface area (Å²) in [7, 11) is 3.23. The predicted octanol–water partition coefficient (Wildman–Crippen LogP) is -0.667. The van der Waals surface area contributed by atoms with Crippen molar-refractivity contribution in [2.75, 3.05) is 27.2 Å². The fourth-order valence-electron chi connectivity index (χ4n) is 1.70. The number of amides is 2. The minimum Gasteiger partial charge on any atom is -0.358 e. The number of piperidine rings is 1. The fourth-order valence-corrected chi connectivity index (χ4v) is 1.70. The number of nitrogens with zero attached hydrogens (tertiary/aromatic N) is 1. The highest BCUT2D eigenvalue weighted by atomic mass is 16.2. The second kappa shape index (κ2) is 5.70. The minimum absolute atomic E-state index is 0.0123. The Balaban J connectivity index is 2.40. The zero-order valence-electron chi connectivity index (χ0n) is 9.38. The normalized spacial score (nSPS) is 20.8. The van der Waals surface area contributed by atoms with E-state index in [0.717, 1.165) is 25.8 Å². The van der Waals surface area contributed by atoms with Crippen molar-refractivity contribution < 1.29 is 9.59 Å². The molecule has 0 bridgehead atoms. The fraction of sp³-hybridized carbons (Fsp3) is 0.800. The number of likely N-dealkylation sites (N-methyl/N-ethyl adjacent to an activating group) is 2. The first kappa shape index (κ1) is 12.0. The van der Waals surface area contributed by atoms with Crippen LogP contribution in [0.15, 0.2) is 0 Å². The van der Waals surface area contributed by atoms with Gasteiger partial charge in [0.15, 0.2) is 0 Å². The van der Waals surface area contributed by atoms with Gasteiger partial charge in [-0.3, -0.25) is 9.59 Å². The molecule has 1 atom stereocenters. The van der Waals surface area contributed by atoms with E-state index in [4.69, 9.17) is 0 Å². The summed E-state index contributed by atoms with van der Waals surface area (Å²) >= 11 is 0. The first-order valence-corrected chi connectivity index (χ1v) is 5.34. The van der Waals surface area contributed by atoms with Crippen molar-refractivity contribution in [1.82, 2.24) is 15.5 Å². The zero-order chi connectivity index (χ0) is 11.3. The molecule has 1 aliphatic heterocycles. The Bertz CT molecular complexity index is 237. The van der Waals surface area contributed by atoms with Crippen LogP contribution in [-0.2, 0) is 9.59 Å². The van der Waals surface area contributed by atoms with Crippen LogP contribution in [0.4, 0.5) is 0 Å². The zero-order valence-corrected chi connectivity index (χ0v) is 9.38. The SMILES string of the molecule is CNC(=O)CN(C)C(=O)[C@H]1CCCCN1. The van der Waals surface area contributed by atoms with Crippen molar-refractivity contribution in [3.63, 3.8) is 0 Å². The number of carbonyl (C=O) groups excluding carboxylic acids is 2. The van der Waals surface area contributed by atoms with Crippen LogP contribution in [0.1, 0.15) is 19.3 Å². The van der Waals surface area contributed by atoms with Gasteiger partial charge in [-0.25, -0.2) is 0 Å². The molecule has 1 rings (SSSR count). The molecule has 1 aliphatic rings. The van der Waals surface area contributed by atoms with E-state index in [1.807, 2.05) is 0 Å². The van der Waals surface area contributed by atoms with E-state index in [1.165, 1.54) is 4.90 Å². The maximum atomic E-state index is 11.8. The summed E-state index contributed by atoms with van der Waals surface area (Å²) in [5.74, 6) is -0.125. The van der Waals surface area contributed by atoms with Gasteiger partial charge in [0.25, 0.3) is 0 Å². The number of rotatable bonds is 3. The van der Waals surface area contributed by atoms with Crippen LogP contribution in [0.5, 0.6) is 0 Å². The van der Waals surface area contributed by atoms with Crippen molar-refractivity contribution in [3.05, 3.63) is 0 Å². The molecule has 5 nitrogen and oxygen atoms in total. The molecule has 1 heterocycles. The Morgan fingerprint density at radius 3 is 2.73 bits per heavy atom. The van der Waals surface area contributed by atoms with E-state index in [2.05, 4.69) is 10.6 Å². The molecule has 2 N–H and O–H groups in total. The predicted molar refractivity (Wildman–Crippen MR) is 57.3 cm³/mol. The Morgan fingerprint density at radius 1 is 1.47 bits per heavy atom. The first-order valence-electron chi connectivity index (χ1n) is 5.34. The van der Waals surface area contributed by atoms with Crippen LogP contribution >= 0.6 is 0 Å². The Labute approximate surface area is 90.2 Å². The summed E-state index contributed by atoms with van der Waals surface area (Å²) in [5, 5.41) is 5.67. The summed E-state index contributed by atoms with van der Waals surface area (Å²) in [6.45, 7) is 1.03. The van der Waals surface area contributed by atoms with Crippen molar-refractivity contribution in [1.29, 1.82) is 0 Å². The third kappa shape index (κ3) is 3.51. The highest BCUT2D eigenvalue weighted by molar-refractivity contribution is 5.87. The van der Waals surface area contributed by atoms with Gasteiger partial charge in [-0.15, -0.1) is 0 Å². The van der Waals surface area contributed by atoms with Gasteiger partial charge in [0.05, 0.1) is 12.6 Å². The summed E-state index contributed by atoms with van der Waals surface area (Å²) < 4.78 is 0. The third-order valence-electron chi connectivity index (χ3n) is 2.64. The van der Waals surface area contributed by atoms with Crippen LogP contribution in [-0.4, -0.2) is 49.9 Å². The lowest BCUT2D eigenvalue weighted by Gasteiger charge is -2.26.